The summed E-state index contributed by atoms with van der Waals surface area (Å²) in [4.78, 5) is 20.3. The van der Waals surface area contributed by atoms with Gasteiger partial charge in [0.1, 0.15) is 17.3 Å². The number of nitrogens with zero attached hydrogens (tertiary/aromatic N) is 2. The molecule has 9 heteroatoms. The number of methoxy groups -OCH3 is 3. The van der Waals surface area contributed by atoms with Gasteiger partial charge >= 0.3 is 0 Å². The Bertz CT molecular complexity index is 1260. The minimum atomic E-state index is -0.303. The number of fused-ring (bicyclic) bond motifs is 1. The summed E-state index contributed by atoms with van der Waals surface area (Å²) >= 11 is 0. The quantitative estimate of drug-likeness (QED) is 0.389. The van der Waals surface area contributed by atoms with Crippen LogP contribution in [-0.2, 0) is 12.8 Å². The Hall–Kier alpha value is -4.01. The molecule has 166 valence electrons. The van der Waals surface area contributed by atoms with Crippen LogP contribution in [0.25, 0.3) is 10.9 Å². The Morgan fingerprint density at radius 3 is 2.56 bits per heavy atom. The fourth-order valence-electron chi connectivity index (χ4n) is 3.59. The normalized spacial score (nSPS) is 10.9. The molecule has 32 heavy (non-hydrogen) atoms. The summed E-state index contributed by atoms with van der Waals surface area (Å²) in [5.41, 5.74) is 3.23. The SMILES string of the molecule is COc1ccc2[nH]c(C(=O)Nc3n[nH]c(CCc4ccc(OC)c(OC)c4)n3)c(C)c2c1. The third-order valence-electron chi connectivity index (χ3n) is 5.35. The molecule has 3 N–H and O–H groups in total. The molecule has 0 saturated carbocycles. The average Bonchev–Trinajstić information content (AvgIpc) is 3.40. The summed E-state index contributed by atoms with van der Waals surface area (Å²) in [6, 6.07) is 11.4. The van der Waals surface area contributed by atoms with E-state index in [4.69, 9.17) is 14.2 Å². The Balaban J connectivity index is 1.42. The summed E-state index contributed by atoms with van der Waals surface area (Å²) in [5, 5.41) is 10.7. The van der Waals surface area contributed by atoms with Crippen molar-refractivity contribution in [3.8, 4) is 17.2 Å². The molecule has 0 bridgehead atoms. The van der Waals surface area contributed by atoms with E-state index in [1.165, 1.54) is 0 Å². The van der Waals surface area contributed by atoms with Crippen LogP contribution in [0.4, 0.5) is 5.95 Å². The number of benzene rings is 2. The van der Waals surface area contributed by atoms with Gasteiger partial charge in [0.25, 0.3) is 5.91 Å². The number of H-pyrrole nitrogens is 2. The van der Waals surface area contributed by atoms with Gasteiger partial charge in [-0.15, -0.1) is 5.10 Å². The van der Waals surface area contributed by atoms with Gasteiger partial charge in [0.05, 0.1) is 21.3 Å². The molecule has 0 radical (unpaired) electrons. The molecule has 0 aliphatic rings. The fraction of sp³-hybridized carbons (Fsp3) is 0.261. The highest BCUT2D eigenvalue weighted by Crippen LogP contribution is 2.28. The van der Waals surface area contributed by atoms with E-state index in [1.807, 2.05) is 43.3 Å². The first-order valence-electron chi connectivity index (χ1n) is 10.1. The second-order valence-corrected chi connectivity index (χ2v) is 7.29. The second kappa shape index (κ2) is 9.01. The molecule has 0 fully saturated rings. The zero-order valence-electron chi connectivity index (χ0n) is 18.4. The highest BCUT2D eigenvalue weighted by atomic mass is 16.5. The van der Waals surface area contributed by atoms with Gasteiger partial charge in [-0.2, -0.15) is 4.98 Å². The fourth-order valence-corrected chi connectivity index (χ4v) is 3.59. The minimum absolute atomic E-state index is 0.230. The van der Waals surface area contributed by atoms with Gasteiger partial charge in [-0.3, -0.25) is 15.2 Å². The molecule has 9 nitrogen and oxygen atoms in total. The van der Waals surface area contributed by atoms with Gasteiger partial charge < -0.3 is 19.2 Å². The van der Waals surface area contributed by atoms with Crippen molar-refractivity contribution in [2.75, 3.05) is 26.6 Å². The largest absolute Gasteiger partial charge is 0.497 e. The summed E-state index contributed by atoms with van der Waals surface area (Å²) < 4.78 is 15.9. The van der Waals surface area contributed by atoms with Gasteiger partial charge in [0, 0.05) is 17.3 Å². The van der Waals surface area contributed by atoms with Crippen LogP contribution >= 0.6 is 0 Å². The molecule has 2 aromatic heterocycles. The molecule has 0 aliphatic carbocycles. The maximum atomic E-state index is 12.8. The molecule has 2 heterocycles. The molecule has 1 amide bonds. The summed E-state index contributed by atoms with van der Waals surface area (Å²) in [6.45, 7) is 1.89. The summed E-state index contributed by atoms with van der Waals surface area (Å²) in [7, 11) is 4.83. The predicted octanol–water partition coefficient (Wildman–Crippen LogP) is 3.66. The van der Waals surface area contributed by atoms with Crippen LogP contribution in [0.1, 0.15) is 27.4 Å². The molecule has 0 saturated heterocycles. The molecular formula is C23H25N5O4. The molecule has 4 aromatic rings. The lowest BCUT2D eigenvalue weighted by molar-refractivity contribution is 0.102. The molecular weight excluding hydrogens is 410 g/mol. The van der Waals surface area contributed by atoms with Crippen molar-refractivity contribution >= 4 is 22.8 Å². The van der Waals surface area contributed by atoms with Crippen LogP contribution in [0.2, 0.25) is 0 Å². The highest BCUT2D eigenvalue weighted by molar-refractivity contribution is 6.07. The first kappa shape index (κ1) is 21.2. The van der Waals surface area contributed by atoms with E-state index in [1.54, 1.807) is 21.3 Å². The van der Waals surface area contributed by atoms with Crippen molar-refractivity contribution in [2.24, 2.45) is 0 Å². The number of anilines is 1. The number of aromatic amines is 2. The second-order valence-electron chi connectivity index (χ2n) is 7.29. The Labute approximate surface area is 185 Å². The van der Waals surface area contributed by atoms with E-state index in [0.717, 1.165) is 34.2 Å². The van der Waals surface area contributed by atoms with Crippen molar-refractivity contribution in [1.29, 1.82) is 0 Å². The topological polar surface area (TPSA) is 114 Å². The van der Waals surface area contributed by atoms with Crippen LogP contribution in [0.3, 0.4) is 0 Å². The maximum absolute atomic E-state index is 12.8. The number of aromatic nitrogens is 4. The average molecular weight is 435 g/mol. The number of hydrogen-bond donors (Lipinski definition) is 3. The van der Waals surface area contributed by atoms with Crippen LogP contribution in [-0.4, -0.2) is 47.4 Å². The number of ether oxygens (including phenoxy) is 3. The molecule has 0 spiro atoms. The Morgan fingerprint density at radius 2 is 1.81 bits per heavy atom. The van der Waals surface area contributed by atoms with Gasteiger partial charge in [-0.25, -0.2) is 0 Å². The Morgan fingerprint density at radius 1 is 1.00 bits per heavy atom. The number of nitrogens with one attached hydrogen (secondary N) is 3. The third-order valence-corrected chi connectivity index (χ3v) is 5.35. The van der Waals surface area contributed by atoms with Crippen molar-refractivity contribution in [1.82, 2.24) is 20.2 Å². The van der Waals surface area contributed by atoms with E-state index in [2.05, 4.69) is 25.5 Å². The van der Waals surface area contributed by atoms with Crippen LogP contribution < -0.4 is 19.5 Å². The van der Waals surface area contributed by atoms with E-state index in [-0.39, 0.29) is 11.9 Å². The molecule has 0 aliphatic heterocycles. The van der Waals surface area contributed by atoms with E-state index < -0.39 is 0 Å². The van der Waals surface area contributed by atoms with Crippen molar-refractivity contribution < 1.29 is 19.0 Å². The molecule has 4 rings (SSSR count). The lowest BCUT2D eigenvalue weighted by Crippen LogP contribution is -2.14. The van der Waals surface area contributed by atoms with Gasteiger partial charge in [-0.05, 0) is 54.8 Å². The minimum Gasteiger partial charge on any atom is -0.497 e. The Kier molecular flexibility index (Phi) is 5.98. The summed E-state index contributed by atoms with van der Waals surface area (Å²) in [6.07, 6.45) is 1.36. The number of hydrogen-bond acceptors (Lipinski definition) is 6. The van der Waals surface area contributed by atoms with Crippen LogP contribution in [0.5, 0.6) is 17.2 Å². The van der Waals surface area contributed by atoms with E-state index in [9.17, 15) is 4.79 Å². The third kappa shape index (κ3) is 4.22. The van der Waals surface area contributed by atoms with Gasteiger partial charge in [-0.1, -0.05) is 6.07 Å². The molecule has 0 unspecified atom stereocenters. The lowest BCUT2D eigenvalue weighted by Gasteiger charge is -2.09. The molecule has 0 atom stereocenters. The van der Waals surface area contributed by atoms with E-state index in [0.29, 0.717) is 29.4 Å². The van der Waals surface area contributed by atoms with Crippen molar-refractivity contribution in [3.05, 3.63) is 59.0 Å². The zero-order chi connectivity index (χ0) is 22.7. The first-order valence-corrected chi connectivity index (χ1v) is 10.1. The van der Waals surface area contributed by atoms with Crippen LogP contribution in [0.15, 0.2) is 36.4 Å². The van der Waals surface area contributed by atoms with E-state index >= 15 is 0 Å². The maximum Gasteiger partial charge on any atom is 0.274 e. The van der Waals surface area contributed by atoms with Crippen LogP contribution in [0, 0.1) is 6.92 Å². The van der Waals surface area contributed by atoms with Gasteiger partial charge in [0.2, 0.25) is 5.95 Å². The zero-order valence-corrected chi connectivity index (χ0v) is 18.4. The highest BCUT2D eigenvalue weighted by Gasteiger charge is 2.17. The smallest absolute Gasteiger partial charge is 0.274 e. The summed E-state index contributed by atoms with van der Waals surface area (Å²) in [5.74, 6) is 2.71. The van der Waals surface area contributed by atoms with Gasteiger partial charge in [0.15, 0.2) is 11.5 Å². The number of carbonyl (C=O) groups excluding carboxylic acids is 1. The first-order chi connectivity index (χ1) is 15.5. The number of aryl methyl sites for hydroxylation is 3. The number of rotatable bonds is 8. The van der Waals surface area contributed by atoms with Crippen molar-refractivity contribution in [2.45, 2.75) is 19.8 Å². The number of amides is 1. The lowest BCUT2D eigenvalue weighted by atomic mass is 10.1. The number of carbonyl (C=O) groups is 1. The monoisotopic (exact) mass is 435 g/mol. The van der Waals surface area contributed by atoms with Crippen molar-refractivity contribution in [3.63, 3.8) is 0 Å². The standard InChI is InChI=1S/C23H25N5O4/c1-13-16-12-15(30-2)7-8-17(16)24-21(13)22(29)26-23-25-20(27-28-23)10-6-14-5-9-18(31-3)19(11-14)32-4/h5,7-9,11-12,24H,6,10H2,1-4H3,(H2,25,26,27,28,29). The molecule has 2 aromatic carbocycles. The predicted molar refractivity (Wildman–Crippen MR) is 121 cm³/mol.